The van der Waals surface area contributed by atoms with Gasteiger partial charge in [-0.05, 0) is 12.1 Å². The Balaban J connectivity index is 2.43. The third-order valence-corrected chi connectivity index (χ3v) is 2.35. The molecule has 1 unspecified atom stereocenters. The van der Waals surface area contributed by atoms with Gasteiger partial charge in [-0.2, -0.15) is 0 Å². The molecule has 0 saturated heterocycles. The first-order valence-corrected chi connectivity index (χ1v) is 5.57. The third-order valence-electron chi connectivity index (χ3n) is 2.35. The number of halogens is 1. The number of aliphatic carboxylic acids is 1. The van der Waals surface area contributed by atoms with Crippen molar-refractivity contribution in [1.82, 2.24) is 5.32 Å². The maximum absolute atomic E-state index is 13.2. The van der Waals surface area contributed by atoms with Gasteiger partial charge < -0.3 is 20.5 Å². The molecule has 0 heterocycles. The SMILES string of the molecule is COC(CNC(=O)Nc1ccccc1F)CC(=O)O. The van der Waals surface area contributed by atoms with Crippen molar-refractivity contribution in [2.45, 2.75) is 12.5 Å². The lowest BCUT2D eigenvalue weighted by Gasteiger charge is -2.14. The molecular weight excluding hydrogens is 255 g/mol. The number of hydrogen-bond acceptors (Lipinski definition) is 3. The largest absolute Gasteiger partial charge is 0.481 e. The Morgan fingerprint density at radius 2 is 2.11 bits per heavy atom. The molecule has 0 fully saturated rings. The standard InChI is InChI=1S/C12H15FN2O4/c1-19-8(6-11(16)17)7-14-12(18)15-10-5-3-2-4-9(10)13/h2-5,8H,6-7H2,1H3,(H,16,17)(H2,14,15,18). The van der Waals surface area contributed by atoms with Crippen molar-refractivity contribution in [3.8, 4) is 0 Å². The average Bonchev–Trinajstić information content (AvgIpc) is 2.37. The average molecular weight is 270 g/mol. The van der Waals surface area contributed by atoms with Crippen LogP contribution in [0, 0.1) is 5.82 Å². The van der Waals surface area contributed by atoms with Crippen LogP contribution < -0.4 is 10.6 Å². The number of carbonyl (C=O) groups is 2. The van der Waals surface area contributed by atoms with Crippen molar-refractivity contribution in [2.24, 2.45) is 0 Å². The number of hydrogen-bond donors (Lipinski definition) is 3. The van der Waals surface area contributed by atoms with Crippen LogP contribution in [-0.2, 0) is 9.53 Å². The molecule has 0 aliphatic heterocycles. The molecule has 0 aliphatic rings. The molecule has 0 radical (unpaired) electrons. The molecule has 19 heavy (non-hydrogen) atoms. The zero-order chi connectivity index (χ0) is 14.3. The van der Waals surface area contributed by atoms with Gasteiger partial charge in [-0.15, -0.1) is 0 Å². The molecule has 0 spiro atoms. The van der Waals surface area contributed by atoms with Gasteiger partial charge in [-0.3, -0.25) is 4.79 Å². The van der Waals surface area contributed by atoms with Crippen LogP contribution in [-0.4, -0.2) is 36.9 Å². The number of carboxylic acids is 1. The quantitative estimate of drug-likeness (QED) is 0.729. The van der Waals surface area contributed by atoms with Crippen LogP contribution in [0.1, 0.15) is 6.42 Å². The van der Waals surface area contributed by atoms with Crippen molar-refractivity contribution in [1.29, 1.82) is 0 Å². The van der Waals surface area contributed by atoms with Crippen molar-refractivity contribution in [2.75, 3.05) is 19.0 Å². The first-order valence-electron chi connectivity index (χ1n) is 5.57. The van der Waals surface area contributed by atoms with Gasteiger partial charge in [0, 0.05) is 13.7 Å². The van der Waals surface area contributed by atoms with Gasteiger partial charge in [0.2, 0.25) is 0 Å². The van der Waals surface area contributed by atoms with Gasteiger partial charge in [0.1, 0.15) is 5.82 Å². The fraction of sp³-hybridized carbons (Fsp3) is 0.333. The van der Waals surface area contributed by atoms with Gasteiger partial charge in [0.15, 0.2) is 0 Å². The van der Waals surface area contributed by atoms with Crippen LogP contribution in [0.4, 0.5) is 14.9 Å². The summed E-state index contributed by atoms with van der Waals surface area (Å²) in [5.41, 5.74) is 0.0483. The van der Waals surface area contributed by atoms with E-state index in [2.05, 4.69) is 10.6 Å². The molecule has 0 aromatic heterocycles. The smallest absolute Gasteiger partial charge is 0.319 e. The van der Waals surface area contributed by atoms with Crippen LogP contribution in [0.15, 0.2) is 24.3 Å². The minimum Gasteiger partial charge on any atom is -0.481 e. The van der Waals surface area contributed by atoms with E-state index in [1.54, 1.807) is 6.07 Å². The molecule has 3 N–H and O–H groups in total. The van der Waals surface area contributed by atoms with E-state index in [1.807, 2.05) is 0 Å². The van der Waals surface area contributed by atoms with E-state index in [1.165, 1.54) is 25.3 Å². The van der Waals surface area contributed by atoms with Crippen molar-refractivity contribution in [3.63, 3.8) is 0 Å². The number of benzene rings is 1. The lowest BCUT2D eigenvalue weighted by molar-refractivity contribution is -0.139. The van der Waals surface area contributed by atoms with E-state index in [4.69, 9.17) is 9.84 Å². The Bertz CT molecular complexity index is 453. The summed E-state index contributed by atoms with van der Waals surface area (Å²) in [5.74, 6) is -1.57. The predicted octanol–water partition coefficient (Wildman–Crippen LogP) is 1.44. The van der Waals surface area contributed by atoms with Crippen LogP contribution in [0.25, 0.3) is 0 Å². The van der Waals surface area contributed by atoms with Gasteiger partial charge in [0.25, 0.3) is 0 Å². The number of para-hydroxylation sites is 1. The number of carboxylic acid groups (broad SMARTS) is 1. The molecular formula is C12H15FN2O4. The Morgan fingerprint density at radius 3 is 2.68 bits per heavy atom. The Hall–Kier alpha value is -2.15. The molecule has 7 heteroatoms. The molecule has 0 bridgehead atoms. The van der Waals surface area contributed by atoms with E-state index in [-0.39, 0.29) is 18.7 Å². The highest BCUT2D eigenvalue weighted by atomic mass is 19.1. The second-order valence-electron chi connectivity index (χ2n) is 3.77. The monoisotopic (exact) mass is 270 g/mol. The van der Waals surface area contributed by atoms with Crippen molar-refractivity contribution in [3.05, 3.63) is 30.1 Å². The zero-order valence-corrected chi connectivity index (χ0v) is 10.4. The molecule has 1 aromatic carbocycles. The zero-order valence-electron chi connectivity index (χ0n) is 10.4. The summed E-state index contributed by atoms with van der Waals surface area (Å²) in [7, 11) is 1.35. The van der Waals surface area contributed by atoms with E-state index in [9.17, 15) is 14.0 Å². The second kappa shape index (κ2) is 7.32. The number of anilines is 1. The van der Waals surface area contributed by atoms with E-state index in [0.29, 0.717) is 0 Å². The lowest BCUT2D eigenvalue weighted by atomic mass is 10.2. The van der Waals surface area contributed by atoms with Gasteiger partial charge in [0.05, 0.1) is 18.2 Å². The van der Waals surface area contributed by atoms with Crippen LogP contribution in [0.5, 0.6) is 0 Å². The summed E-state index contributed by atoms with van der Waals surface area (Å²) in [6.45, 7) is 0.0170. The first-order chi connectivity index (χ1) is 9.02. The maximum Gasteiger partial charge on any atom is 0.319 e. The summed E-state index contributed by atoms with van der Waals surface area (Å²) in [5, 5.41) is 13.3. The summed E-state index contributed by atoms with van der Waals surface area (Å²) < 4.78 is 18.1. The van der Waals surface area contributed by atoms with Gasteiger partial charge in [-0.25, -0.2) is 9.18 Å². The number of nitrogens with one attached hydrogen (secondary N) is 2. The molecule has 0 aliphatic carbocycles. The normalized spacial score (nSPS) is 11.7. The molecule has 6 nitrogen and oxygen atoms in total. The number of ether oxygens (including phenoxy) is 1. The van der Waals surface area contributed by atoms with Gasteiger partial charge >= 0.3 is 12.0 Å². The summed E-state index contributed by atoms with van der Waals surface area (Å²) in [6, 6.07) is 5.10. The maximum atomic E-state index is 13.2. The summed E-state index contributed by atoms with van der Waals surface area (Å²) in [4.78, 5) is 22.0. The van der Waals surface area contributed by atoms with Crippen molar-refractivity contribution >= 4 is 17.7 Å². The third kappa shape index (κ3) is 5.35. The first kappa shape index (κ1) is 14.9. The lowest BCUT2D eigenvalue weighted by Crippen LogP contribution is -2.37. The molecule has 1 aromatic rings. The van der Waals surface area contributed by atoms with Gasteiger partial charge in [-0.1, -0.05) is 12.1 Å². The van der Waals surface area contributed by atoms with Crippen LogP contribution >= 0.6 is 0 Å². The number of amides is 2. The molecule has 1 atom stereocenters. The Kier molecular flexibility index (Phi) is 5.74. The second-order valence-corrected chi connectivity index (χ2v) is 3.77. The van der Waals surface area contributed by atoms with E-state index in [0.717, 1.165) is 0 Å². The highest BCUT2D eigenvalue weighted by Crippen LogP contribution is 2.11. The summed E-state index contributed by atoms with van der Waals surface area (Å²) in [6.07, 6.45) is -0.861. The minimum absolute atomic E-state index is 0.0170. The van der Waals surface area contributed by atoms with E-state index < -0.39 is 23.9 Å². The van der Waals surface area contributed by atoms with E-state index >= 15 is 0 Å². The fourth-order valence-corrected chi connectivity index (χ4v) is 1.37. The minimum atomic E-state index is -1.02. The molecule has 104 valence electrons. The predicted molar refractivity (Wildman–Crippen MR) is 66.5 cm³/mol. The molecule has 1 rings (SSSR count). The summed E-state index contributed by atoms with van der Waals surface area (Å²) >= 11 is 0. The molecule has 0 saturated carbocycles. The Labute approximate surface area is 109 Å². The molecule has 2 amide bonds. The topological polar surface area (TPSA) is 87.7 Å². The van der Waals surface area contributed by atoms with Crippen LogP contribution in [0.3, 0.4) is 0 Å². The highest BCUT2D eigenvalue weighted by Gasteiger charge is 2.14. The van der Waals surface area contributed by atoms with Crippen molar-refractivity contribution < 1.29 is 23.8 Å². The number of methoxy groups -OCH3 is 1. The number of rotatable bonds is 6. The number of carbonyl (C=O) groups excluding carboxylic acids is 1. The number of urea groups is 1. The Morgan fingerprint density at radius 1 is 1.42 bits per heavy atom. The highest BCUT2D eigenvalue weighted by molar-refractivity contribution is 5.89. The fourth-order valence-electron chi connectivity index (χ4n) is 1.37. The van der Waals surface area contributed by atoms with Crippen LogP contribution in [0.2, 0.25) is 0 Å².